The molecule has 0 atom stereocenters. The maximum absolute atomic E-state index is 13.2. The zero-order valence-corrected chi connectivity index (χ0v) is 12.8. The van der Waals surface area contributed by atoms with E-state index >= 15 is 0 Å². The van der Waals surface area contributed by atoms with Crippen molar-refractivity contribution in [1.29, 1.82) is 0 Å². The minimum absolute atomic E-state index is 0.0682. The Labute approximate surface area is 139 Å². The quantitative estimate of drug-likeness (QED) is 0.402. The van der Waals surface area contributed by atoms with E-state index in [9.17, 15) is 14.4 Å². The summed E-state index contributed by atoms with van der Waals surface area (Å²) in [4.78, 5) is 16.0. The molecular weight excluding hydrogens is 346 g/mol. The standard InChI is InChI=1S/C15H7Cl2FN2O3/c16-9-3-1-8(2-4-9)15(21)23-14-13(17)20(22)12-7-10(18)5-6-11(12)19-14/h1-7H. The number of aromatic nitrogens is 2. The van der Waals surface area contributed by atoms with E-state index in [1.807, 2.05) is 0 Å². The van der Waals surface area contributed by atoms with Gasteiger partial charge >= 0.3 is 17.0 Å². The number of benzene rings is 2. The van der Waals surface area contributed by atoms with Crippen LogP contribution < -0.4 is 9.47 Å². The first-order valence-electron chi connectivity index (χ1n) is 6.32. The molecule has 0 N–H and O–H groups in total. The van der Waals surface area contributed by atoms with Gasteiger partial charge in [-0.05, 0) is 48.0 Å². The van der Waals surface area contributed by atoms with Crippen LogP contribution in [0.15, 0.2) is 42.5 Å². The highest BCUT2D eigenvalue weighted by Gasteiger charge is 2.22. The summed E-state index contributed by atoms with van der Waals surface area (Å²) in [5.41, 5.74) is 0.287. The lowest BCUT2D eigenvalue weighted by Gasteiger charge is -2.08. The van der Waals surface area contributed by atoms with Gasteiger partial charge in [0.15, 0.2) is 0 Å². The number of fused-ring (bicyclic) bond motifs is 1. The van der Waals surface area contributed by atoms with Gasteiger partial charge in [0.2, 0.25) is 5.52 Å². The lowest BCUT2D eigenvalue weighted by atomic mass is 10.2. The predicted octanol–water partition coefficient (Wildman–Crippen LogP) is 3.53. The molecule has 1 aromatic heterocycles. The topological polar surface area (TPSA) is 66.1 Å². The number of hydrogen-bond acceptors (Lipinski definition) is 4. The fourth-order valence-corrected chi connectivity index (χ4v) is 2.20. The highest BCUT2D eigenvalue weighted by molar-refractivity contribution is 6.30. The molecular formula is C15H7Cl2FN2O3. The van der Waals surface area contributed by atoms with Gasteiger partial charge in [-0.1, -0.05) is 11.6 Å². The number of ether oxygens (including phenoxy) is 1. The van der Waals surface area contributed by atoms with Crippen molar-refractivity contribution >= 4 is 40.2 Å². The minimum Gasteiger partial charge on any atom is -0.617 e. The van der Waals surface area contributed by atoms with Crippen molar-refractivity contribution < 1.29 is 18.7 Å². The maximum Gasteiger partial charge on any atom is 0.350 e. The van der Waals surface area contributed by atoms with Gasteiger partial charge in [0, 0.05) is 11.1 Å². The van der Waals surface area contributed by atoms with E-state index in [2.05, 4.69) is 4.98 Å². The van der Waals surface area contributed by atoms with Crippen LogP contribution >= 0.6 is 23.2 Å². The lowest BCUT2D eigenvalue weighted by molar-refractivity contribution is -0.575. The molecule has 0 amide bonds. The number of rotatable bonds is 2. The molecule has 5 nitrogen and oxygen atoms in total. The number of hydrogen-bond donors (Lipinski definition) is 0. The van der Waals surface area contributed by atoms with E-state index in [1.54, 1.807) is 0 Å². The highest BCUT2D eigenvalue weighted by atomic mass is 35.5. The Balaban J connectivity index is 2.00. The first-order chi connectivity index (χ1) is 11.0. The van der Waals surface area contributed by atoms with Crippen LogP contribution in [0.4, 0.5) is 4.39 Å². The zero-order valence-electron chi connectivity index (χ0n) is 11.3. The maximum atomic E-state index is 13.2. The molecule has 0 aliphatic carbocycles. The Bertz CT molecular complexity index is 917. The lowest BCUT2D eigenvalue weighted by Crippen LogP contribution is -2.30. The number of nitrogens with zero attached hydrogens (tertiary/aromatic N) is 2. The molecule has 0 unspecified atom stereocenters. The van der Waals surface area contributed by atoms with E-state index in [0.29, 0.717) is 5.02 Å². The van der Waals surface area contributed by atoms with Gasteiger partial charge in [0.1, 0.15) is 11.3 Å². The van der Waals surface area contributed by atoms with E-state index in [-0.39, 0.29) is 27.2 Å². The van der Waals surface area contributed by atoms with Gasteiger partial charge in [-0.15, -0.1) is 4.73 Å². The summed E-state index contributed by atoms with van der Waals surface area (Å²) in [5, 5.41) is 12.0. The molecule has 3 rings (SSSR count). The fraction of sp³-hybridized carbons (Fsp3) is 0. The monoisotopic (exact) mass is 352 g/mol. The van der Waals surface area contributed by atoms with Crippen LogP contribution in [0.25, 0.3) is 11.0 Å². The first kappa shape index (κ1) is 15.5. The Morgan fingerprint density at radius 2 is 1.87 bits per heavy atom. The molecule has 0 aliphatic heterocycles. The van der Waals surface area contributed by atoms with Gasteiger partial charge in [-0.3, -0.25) is 0 Å². The second kappa shape index (κ2) is 5.98. The van der Waals surface area contributed by atoms with Crippen LogP contribution in [0.2, 0.25) is 10.2 Å². The van der Waals surface area contributed by atoms with Crippen molar-refractivity contribution in [3.8, 4) is 5.88 Å². The SMILES string of the molecule is O=C(Oc1nc2ccc(F)cc2[n+]([O-])c1Cl)c1ccc(Cl)cc1. The van der Waals surface area contributed by atoms with Crippen molar-refractivity contribution in [3.63, 3.8) is 0 Å². The average molecular weight is 353 g/mol. The summed E-state index contributed by atoms with van der Waals surface area (Å²) in [6, 6.07) is 9.36. The minimum atomic E-state index is -0.752. The van der Waals surface area contributed by atoms with Crippen molar-refractivity contribution in [2.24, 2.45) is 0 Å². The molecule has 0 fully saturated rings. The molecule has 0 saturated carbocycles. The van der Waals surface area contributed by atoms with Crippen LogP contribution in [-0.2, 0) is 0 Å². The van der Waals surface area contributed by atoms with Crippen molar-refractivity contribution in [3.05, 3.63) is 69.2 Å². The Morgan fingerprint density at radius 1 is 1.17 bits per heavy atom. The third kappa shape index (κ3) is 3.04. The molecule has 116 valence electrons. The van der Waals surface area contributed by atoms with Crippen LogP contribution in [0.3, 0.4) is 0 Å². The molecule has 3 aromatic rings. The average Bonchev–Trinajstić information content (AvgIpc) is 2.53. The number of halogens is 3. The molecule has 1 heterocycles. The number of carbonyl (C=O) groups is 1. The smallest absolute Gasteiger partial charge is 0.350 e. The van der Waals surface area contributed by atoms with Gasteiger partial charge < -0.3 is 9.94 Å². The largest absolute Gasteiger partial charge is 0.617 e. The molecule has 0 aliphatic rings. The third-order valence-corrected chi connectivity index (χ3v) is 3.57. The van der Waals surface area contributed by atoms with E-state index in [4.69, 9.17) is 27.9 Å². The van der Waals surface area contributed by atoms with Crippen LogP contribution in [0.1, 0.15) is 10.4 Å². The van der Waals surface area contributed by atoms with Crippen LogP contribution in [0.5, 0.6) is 5.88 Å². The fourth-order valence-electron chi connectivity index (χ4n) is 1.90. The van der Waals surface area contributed by atoms with Crippen LogP contribution in [-0.4, -0.2) is 11.0 Å². The van der Waals surface area contributed by atoms with E-state index in [1.165, 1.54) is 30.3 Å². The van der Waals surface area contributed by atoms with Crippen molar-refractivity contribution in [1.82, 2.24) is 4.98 Å². The second-order valence-electron chi connectivity index (χ2n) is 4.53. The van der Waals surface area contributed by atoms with Crippen LogP contribution in [0, 0.1) is 11.0 Å². The Morgan fingerprint density at radius 3 is 2.57 bits per heavy atom. The normalized spacial score (nSPS) is 10.7. The molecule has 0 bridgehead atoms. The predicted molar refractivity (Wildman–Crippen MR) is 82.1 cm³/mol. The Hall–Kier alpha value is -2.44. The zero-order chi connectivity index (χ0) is 16.6. The van der Waals surface area contributed by atoms with E-state index < -0.39 is 16.9 Å². The summed E-state index contributed by atoms with van der Waals surface area (Å²) in [5.74, 6) is -1.72. The van der Waals surface area contributed by atoms with E-state index in [0.717, 1.165) is 12.1 Å². The highest BCUT2D eigenvalue weighted by Crippen LogP contribution is 2.23. The molecule has 0 spiro atoms. The third-order valence-electron chi connectivity index (χ3n) is 3.00. The summed E-state index contributed by atoms with van der Waals surface area (Å²) in [6.07, 6.45) is 0. The van der Waals surface area contributed by atoms with Crippen molar-refractivity contribution in [2.45, 2.75) is 0 Å². The molecule has 2 aromatic carbocycles. The number of esters is 1. The summed E-state index contributed by atoms with van der Waals surface area (Å²) in [7, 11) is 0. The second-order valence-corrected chi connectivity index (χ2v) is 5.33. The molecule has 0 radical (unpaired) electrons. The summed E-state index contributed by atoms with van der Waals surface area (Å²) >= 11 is 11.6. The summed E-state index contributed by atoms with van der Waals surface area (Å²) < 4.78 is 18.5. The van der Waals surface area contributed by atoms with Gasteiger partial charge in [0.25, 0.3) is 0 Å². The Kier molecular flexibility index (Phi) is 4.02. The molecule has 0 saturated heterocycles. The number of carbonyl (C=O) groups excluding carboxylic acids is 1. The first-order valence-corrected chi connectivity index (χ1v) is 7.07. The molecule has 8 heteroatoms. The van der Waals surface area contributed by atoms with Gasteiger partial charge in [-0.2, -0.15) is 4.98 Å². The summed E-state index contributed by atoms with van der Waals surface area (Å²) in [6.45, 7) is 0. The van der Waals surface area contributed by atoms with Crippen molar-refractivity contribution in [2.75, 3.05) is 0 Å². The van der Waals surface area contributed by atoms with Gasteiger partial charge in [-0.25, -0.2) is 9.18 Å². The van der Waals surface area contributed by atoms with Gasteiger partial charge in [0.05, 0.1) is 5.56 Å². The molecule has 23 heavy (non-hydrogen) atoms.